The maximum absolute atomic E-state index is 11.9. The second-order valence-electron chi connectivity index (χ2n) is 6.05. The first-order chi connectivity index (χ1) is 12.6. The molecule has 4 rings (SSSR count). The summed E-state index contributed by atoms with van der Waals surface area (Å²) in [6.07, 6.45) is 0. The molecule has 0 unspecified atom stereocenters. The second-order valence-corrected chi connectivity index (χ2v) is 6.46. The molecule has 4 aromatic rings. The smallest absolute Gasteiger partial charge is 0.249 e. The summed E-state index contributed by atoms with van der Waals surface area (Å²) < 4.78 is 7.41. The van der Waals surface area contributed by atoms with Crippen LogP contribution in [0, 0.1) is 6.07 Å². The lowest BCUT2D eigenvalue weighted by Crippen LogP contribution is -2.11. The van der Waals surface area contributed by atoms with Crippen molar-refractivity contribution in [2.24, 2.45) is 5.73 Å². The summed E-state index contributed by atoms with van der Waals surface area (Å²) in [5.41, 5.74) is 8.85. The zero-order valence-corrected chi connectivity index (χ0v) is 14.9. The average Bonchev–Trinajstić information content (AvgIpc) is 2.97. The van der Waals surface area contributed by atoms with E-state index in [4.69, 9.17) is 22.1 Å². The van der Waals surface area contributed by atoms with Gasteiger partial charge in [-0.1, -0.05) is 35.9 Å². The Labute approximate surface area is 155 Å². The van der Waals surface area contributed by atoms with Gasteiger partial charge in [0.05, 0.1) is 23.2 Å². The van der Waals surface area contributed by atoms with Crippen molar-refractivity contribution >= 4 is 39.3 Å². The molecule has 4 nitrogen and oxygen atoms in total. The van der Waals surface area contributed by atoms with Gasteiger partial charge in [-0.25, -0.2) is 0 Å². The van der Waals surface area contributed by atoms with Crippen LogP contribution < -0.4 is 10.5 Å². The quantitative estimate of drug-likeness (QED) is 0.584. The number of halogens is 1. The Morgan fingerprint density at radius 1 is 1.23 bits per heavy atom. The van der Waals surface area contributed by atoms with E-state index in [1.165, 1.54) is 0 Å². The van der Waals surface area contributed by atoms with Crippen molar-refractivity contribution in [3.63, 3.8) is 0 Å². The molecule has 0 bridgehead atoms. The molecule has 0 atom stereocenters. The molecule has 0 aliphatic rings. The number of rotatable bonds is 4. The van der Waals surface area contributed by atoms with E-state index in [9.17, 15) is 4.79 Å². The van der Waals surface area contributed by atoms with Gasteiger partial charge in [-0.3, -0.25) is 4.79 Å². The topological polar surface area (TPSA) is 57.2 Å². The molecule has 3 aromatic carbocycles. The van der Waals surface area contributed by atoms with Gasteiger partial charge in [0.1, 0.15) is 5.75 Å². The molecule has 0 saturated carbocycles. The summed E-state index contributed by atoms with van der Waals surface area (Å²) in [7, 11) is 1.64. The minimum absolute atomic E-state index is 0.468. The summed E-state index contributed by atoms with van der Waals surface area (Å²) >= 11 is 6.51. The summed E-state index contributed by atoms with van der Waals surface area (Å²) in [5, 5.41) is 2.18. The molecule has 0 fully saturated rings. The number of benzene rings is 3. The molecule has 0 saturated heterocycles. The normalized spacial score (nSPS) is 11.2. The third-order valence-electron chi connectivity index (χ3n) is 4.51. The highest BCUT2D eigenvalue weighted by Crippen LogP contribution is 2.35. The number of methoxy groups -OCH3 is 1. The number of primary amides is 1. The van der Waals surface area contributed by atoms with Gasteiger partial charge in [0, 0.05) is 22.9 Å². The Hall–Kier alpha value is -2.98. The maximum atomic E-state index is 11.9. The fraction of sp³-hybridized carbons (Fsp3) is 0.0952. The Morgan fingerprint density at radius 3 is 2.81 bits per heavy atom. The van der Waals surface area contributed by atoms with E-state index in [0.29, 0.717) is 17.1 Å². The van der Waals surface area contributed by atoms with Crippen molar-refractivity contribution in [2.45, 2.75) is 6.54 Å². The third-order valence-corrected chi connectivity index (χ3v) is 4.82. The summed E-state index contributed by atoms with van der Waals surface area (Å²) in [6, 6.07) is 20.2. The van der Waals surface area contributed by atoms with Crippen LogP contribution in [-0.4, -0.2) is 17.6 Å². The van der Waals surface area contributed by atoms with Crippen LogP contribution >= 0.6 is 11.6 Å². The number of hydrogen-bond donors (Lipinski definition) is 1. The number of aromatic nitrogens is 1. The number of carbonyl (C=O) groups is 1. The summed E-state index contributed by atoms with van der Waals surface area (Å²) in [6.45, 7) is 0.580. The van der Waals surface area contributed by atoms with Gasteiger partial charge in [0.2, 0.25) is 5.91 Å². The average molecular weight is 364 g/mol. The number of ether oxygens (including phenoxy) is 1. The van der Waals surface area contributed by atoms with Gasteiger partial charge in [-0.2, -0.15) is 0 Å². The number of hydrogen-bond acceptors (Lipinski definition) is 2. The number of carbonyl (C=O) groups excluding carboxylic acids is 1. The van der Waals surface area contributed by atoms with E-state index in [1.54, 1.807) is 25.3 Å². The molecule has 1 aromatic heterocycles. The molecule has 0 aliphatic heterocycles. The van der Waals surface area contributed by atoms with Gasteiger partial charge in [0.15, 0.2) is 0 Å². The molecule has 0 spiro atoms. The number of nitrogens with zero attached hydrogens (tertiary/aromatic N) is 1. The molecular weight excluding hydrogens is 348 g/mol. The van der Waals surface area contributed by atoms with Crippen LogP contribution in [0.2, 0.25) is 5.02 Å². The van der Waals surface area contributed by atoms with Crippen LogP contribution in [0.4, 0.5) is 0 Å². The fourth-order valence-electron chi connectivity index (χ4n) is 3.39. The Bertz CT molecular complexity index is 1150. The minimum Gasteiger partial charge on any atom is -0.497 e. The van der Waals surface area contributed by atoms with Gasteiger partial charge < -0.3 is 15.0 Å². The van der Waals surface area contributed by atoms with Crippen molar-refractivity contribution < 1.29 is 9.53 Å². The van der Waals surface area contributed by atoms with Gasteiger partial charge in [-0.15, -0.1) is 0 Å². The Balaban J connectivity index is 2.03. The van der Waals surface area contributed by atoms with Crippen molar-refractivity contribution in [2.75, 3.05) is 7.11 Å². The molecule has 5 heteroatoms. The van der Waals surface area contributed by atoms with Crippen LogP contribution in [0.1, 0.15) is 15.9 Å². The third kappa shape index (κ3) is 2.59. The van der Waals surface area contributed by atoms with Crippen molar-refractivity contribution in [1.29, 1.82) is 0 Å². The van der Waals surface area contributed by atoms with Crippen LogP contribution in [0.3, 0.4) is 0 Å². The SMILES string of the molecule is COc1cccc(Cn2c3cccc(C(N)=O)c3c3[c]ccc(Cl)c32)c1. The predicted octanol–water partition coefficient (Wildman–Crippen LogP) is 4.40. The first kappa shape index (κ1) is 16.5. The highest BCUT2D eigenvalue weighted by Gasteiger charge is 2.18. The number of fused-ring (bicyclic) bond motifs is 3. The summed E-state index contributed by atoms with van der Waals surface area (Å²) in [4.78, 5) is 11.9. The van der Waals surface area contributed by atoms with E-state index in [0.717, 1.165) is 33.1 Å². The standard InChI is InChI=1S/C21H16ClN2O2/c1-26-14-6-2-5-13(11-14)12-24-18-10-4-8-16(21(23)25)19(18)15-7-3-9-17(22)20(15)24/h2-6,8-11H,12H2,1H3,(H2,23,25). The van der Waals surface area contributed by atoms with E-state index in [-0.39, 0.29) is 0 Å². The first-order valence-electron chi connectivity index (χ1n) is 8.14. The minimum atomic E-state index is -0.468. The first-order valence-corrected chi connectivity index (χ1v) is 8.52. The van der Waals surface area contributed by atoms with Crippen LogP contribution in [0.25, 0.3) is 21.8 Å². The Morgan fingerprint density at radius 2 is 2.04 bits per heavy atom. The van der Waals surface area contributed by atoms with Gasteiger partial charge in [0.25, 0.3) is 0 Å². The predicted molar refractivity (Wildman–Crippen MR) is 104 cm³/mol. The zero-order chi connectivity index (χ0) is 18.3. The molecule has 2 N–H and O–H groups in total. The summed E-state index contributed by atoms with van der Waals surface area (Å²) in [5.74, 6) is 0.322. The molecule has 1 heterocycles. The maximum Gasteiger partial charge on any atom is 0.249 e. The van der Waals surface area contributed by atoms with Crippen molar-refractivity contribution in [3.05, 3.63) is 76.8 Å². The largest absolute Gasteiger partial charge is 0.497 e. The zero-order valence-electron chi connectivity index (χ0n) is 14.1. The highest BCUT2D eigenvalue weighted by atomic mass is 35.5. The van der Waals surface area contributed by atoms with Crippen molar-refractivity contribution in [3.8, 4) is 5.75 Å². The van der Waals surface area contributed by atoms with Crippen LogP contribution in [0.15, 0.2) is 54.6 Å². The van der Waals surface area contributed by atoms with Gasteiger partial charge in [-0.05, 0) is 42.0 Å². The van der Waals surface area contributed by atoms with E-state index in [2.05, 4.69) is 10.6 Å². The van der Waals surface area contributed by atoms with Crippen LogP contribution in [0.5, 0.6) is 5.75 Å². The molecule has 1 radical (unpaired) electrons. The molecule has 0 aliphatic carbocycles. The van der Waals surface area contributed by atoms with Crippen LogP contribution in [-0.2, 0) is 6.54 Å². The molecule has 26 heavy (non-hydrogen) atoms. The molecule has 129 valence electrons. The lowest BCUT2D eigenvalue weighted by molar-refractivity contribution is 0.100. The van der Waals surface area contributed by atoms with Crippen molar-refractivity contribution in [1.82, 2.24) is 4.57 Å². The number of nitrogens with two attached hydrogens (primary N) is 1. The van der Waals surface area contributed by atoms with E-state index in [1.807, 2.05) is 36.4 Å². The monoisotopic (exact) mass is 363 g/mol. The number of amides is 1. The van der Waals surface area contributed by atoms with E-state index < -0.39 is 5.91 Å². The lowest BCUT2D eigenvalue weighted by atomic mass is 10.1. The van der Waals surface area contributed by atoms with Gasteiger partial charge >= 0.3 is 0 Å². The Kier molecular flexibility index (Phi) is 4.05. The molecule has 1 amide bonds. The lowest BCUT2D eigenvalue weighted by Gasteiger charge is -2.10. The fourth-order valence-corrected chi connectivity index (χ4v) is 3.65. The van der Waals surface area contributed by atoms with E-state index >= 15 is 0 Å². The second kappa shape index (κ2) is 6.39. The highest BCUT2D eigenvalue weighted by molar-refractivity contribution is 6.36. The molecular formula is C21H16ClN2O2.